The van der Waals surface area contributed by atoms with Crippen LogP contribution in [0.3, 0.4) is 0 Å². The maximum Gasteiger partial charge on any atom is 0.342 e. The van der Waals surface area contributed by atoms with Crippen LogP contribution in [-0.2, 0) is 27.9 Å². The van der Waals surface area contributed by atoms with Crippen molar-refractivity contribution in [2.75, 3.05) is 26.4 Å². The molecule has 0 aliphatic heterocycles. The average molecular weight is 295 g/mol. The van der Waals surface area contributed by atoms with Crippen LogP contribution in [0.2, 0.25) is 0 Å². The molecule has 7 nitrogen and oxygen atoms in total. The standard InChI is InChI=1S/C11H22NO6P/c1-5-16-10(13)8-12-11(14)9(4)19(15,17-6-2)18-7-3/h9H,5-8H2,1-4H3,(H,12,14). The Morgan fingerprint density at radius 1 is 1.11 bits per heavy atom. The van der Waals surface area contributed by atoms with Crippen LogP contribution < -0.4 is 5.32 Å². The Morgan fingerprint density at radius 3 is 2.05 bits per heavy atom. The number of carbonyl (C=O) groups excluding carboxylic acids is 2. The Morgan fingerprint density at radius 2 is 1.63 bits per heavy atom. The number of hydrogen-bond acceptors (Lipinski definition) is 6. The van der Waals surface area contributed by atoms with Gasteiger partial charge in [-0.1, -0.05) is 0 Å². The van der Waals surface area contributed by atoms with Gasteiger partial charge < -0.3 is 19.1 Å². The molecule has 0 fully saturated rings. The molecular formula is C11H22NO6P. The summed E-state index contributed by atoms with van der Waals surface area (Å²) in [5.41, 5.74) is -0.984. The molecule has 0 radical (unpaired) electrons. The van der Waals surface area contributed by atoms with Gasteiger partial charge in [0.25, 0.3) is 0 Å². The van der Waals surface area contributed by atoms with Crippen LogP contribution in [0.5, 0.6) is 0 Å². The summed E-state index contributed by atoms with van der Waals surface area (Å²) in [4.78, 5) is 22.9. The van der Waals surface area contributed by atoms with E-state index in [0.717, 1.165) is 0 Å². The quantitative estimate of drug-likeness (QED) is 0.509. The minimum Gasteiger partial charge on any atom is -0.465 e. The number of carbonyl (C=O) groups is 2. The van der Waals surface area contributed by atoms with Crippen molar-refractivity contribution in [1.82, 2.24) is 5.32 Å². The molecule has 0 spiro atoms. The van der Waals surface area contributed by atoms with Gasteiger partial charge in [-0.25, -0.2) is 0 Å². The van der Waals surface area contributed by atoms with Crippen LogP contribution in [0.15, 0.2) is 0 Å². The molecule has 0 saturated heterocycles. The van der Waals surface area contributed by atoms with E-state index >= 15 is 0 Å². The second-order valence-corrected chi connectivity index (χ2v) is 5.94. The van der Waals surface area contributed by atoms with Crippen molar-refractivity contribution < 1.29 is 27.9 Å². The highest BCUT2D eigenvalue weighted by Gasteiger charge is 2.37. The lowest BCUT2D eigenvalue weighted by atomic mass is 10.4. The van der Waals surface area contributed by atoms with Crippen molar-refractivity contribution in [2.45, 2.75) is 33.4 Å². The normalized spacial score (nSPS) is 12.8. The molecule has 0 aliphatic carbocycles. The molecule has 0 heterocycles. The fraction of sp³-hybridized carbons (Fsp3) is 0.818. The number of hydrogen-bond donors (Lipinski definition) is 1. The first-order chi connectivity index (χ1) is 8.91. The second kappa shape index (κ2) is 9.07. The lowest BCUT2D eigenvalue weighted by molar-refractivity contribution is -0.143. The Bertz CT molecular complexity index is 336. The number of ether oxygens (including phenoxy) is 1. The zero-order chi connectivity index (χ0) is 14.9. The highest BCUT2D eigenvalue weighted by molar-refractivity contribution is 7.55. The molecule has 0 rings (SSSR count). The van der Waals surface area contributed by atoms with Gasteiger partial charge in [0, 0.05) is 0 Å². The van der Waals surface area contributed by atoms with E-state index in [9.17, 15) is 14.2 Å². The summed E-state index contributed by atoms with van der Waals surface area (Å²) in [7, 11) is -3.51. The van der Waals surface area contributed by atoms with Gasteiger partial charge in [-0.3, -0.25) is 14.2 Å². The van der Waals surface area contributed by atoms with Crippen molar-refractivity contribution in [3.05, 3.63) is 0 Å². The van der Waals surface area contributed by atoms with E-state index in [1.807, 2.05) is 0 Å². The van der Waals surface area contributed by atoms with E-state index in [2.05, 4.69) is 10.1 Å². The topological polar surface area (TPSA) is 90.9 Å². The summed E-state index contributed by atoms with van der Waals surface area (Å²) in [6.07, 6.45) is 0. The molecule has 1 atom stereocenters. The lowest BCUT2D eigenvalue weighted by Gasteiger charge is -2.22. The highest BCUT2D eigenvalue weighted by atomic mass is 31.2. The number of rotatable bonds is 9. The lowest BCUT2D eigenvalue weighted by Crippen LogP contribution is -2.37. The van der Waals surface area contributed by atoms with Crippen LogP contribution in [0, 0.1) is 0 Å². The van der Waals surface area contributed by atoms with Gasteiger partial charge in [-0.05, 0) is 27.7 Å². The summed E-state index contributed by atoms with van der Waals surface area (Å²) in [6.45, 7) is 6.74. The minimum absolute atomic E-state index is 0.173. The Kier molecular flexibility index (Phi) is 8.63. The van der Waals surface area contributed by atoms with Crippen LogP contribution in [0.1, 0.15) is 27.7 Å². The van der Waals surface area contributed by atoms with Crippen molar-refractivity contribution in [3.63, 3.8) is 0 Å². The van der Waals surface area contributed by atoms with Crippen LogP contribution >= 0.6 is 7.60 Å². The third-order valence-electron chi connectivity index (χ3n) is 2.18. The van der Waals surface area contributed by atoms with Crippen molar-refractivity contribution in [2.24, 2.45) is 0 Å². The van der Waals surface area contributed by atoms with Crippen LogP contribution in [-0.4, -0.2) is 43.9 Å². The second-order valence-electron chi connectivity index (χ2n) is 3.57. The largest absolute Gasteiger partial charge is 0.465 e. The van der Waals surface area contributed by atoms with Crippen molar-refractivity contribution in [1.29, 1.82) is 0 Å². The number of nitrogens with one attached hydrogen (secondary N) is 1. The van der Waals surface area contributed by atoms with E-state index in [1.165, 1.54) is 6.92 Å². The maximum atomic E-state index is 12.3. The summed E-state index contributed by atoms with van der Waals surface area (Å²) >= 11 is 0. The molecule has 0 saturated carbocycles. The Balaban J connectivity index is 4.51. The van der Waals surface area contributed by atoms with E-state index in [4.69, 9.17) is 9.05 Å². The zero-order valence-corrected chi connectivity index (χ0v) is 12.7. The fourth-order valence-corrected chi connectivity index (χ4v) is 2.90. The van der Waals surface area contributed by atoms with E-state index in [1.54, 1.807) is 20.8 Å². The summed E-state index contributed by atoms with van der Waals surface area (Å²) < 4.78 is 27.1. The molecular weight excluding hydrogens is 273 g/mol. The smallest absolute Gasteiger partial charge is 0.342 e. The zero-order valence-electron chi connectivity index (χ0n) is 11.8. The first-order valence-electron chi connectivity index (χ1n) is 6.23. The van der Waals surface area contributed by atoms with Crippen LogP contribution in [0.25, 0.3) is 0 Å². The third-order valence-corrected chi connectivity index (χ3v) is 4.60. The highest BCUT2D eigenvalue weighted by Crippen LogP contribution is 2.52. The summed E-state index contributed by atoms with van der Waals surface area (Å²) in [6, 6.07) is 0. The predicted octanol–water partition coefficient (Wildman–Crippen LogP) is 1.32. The van der Waals surface area contributed by atoms with Crippen molar-refractivity contribution >= 4 is 19.5 Å². The van der Waals surface area contributed by atoms with Gasteiger partial charge in [0.1, 0.15) is 12.2 Å². The Labute approximate surface area is 113 Å². The monoisotopic (exact) mass is 295 g/mol. The predicted molar refractivity (Wildman–Crippen MR) is 70.0 cm³/mol. The van der Waals surface area contributed by atoms with Gasteiger partial charge in [0.15, 0.2) is 0 Å². The first-order valence-corrected chi connectivity index (χ1v) is 7.84. The van der Waals surface area contributed by atoms with Gasteiger partial charge in [0.2, 0.25) is 5.91 Å². The third kappa shape index (κ3) is 6.18. The Hall–Kier alpha value is -0.910. The molecule has 0 aliphatic rings. The van der Waals surface area contributed by atoms with E-state index in [-0.39, 0.29) is 26.4 Å². The van der Waals surface area contributed by atoms with E-state index in [0.29, 0.717) is 0 Å². The summed E-state index contributed by atoms with van der Waals surface area (Å²) in [5, 5.41) is 2.34. The maximum absolute atomic E-state index is 12.3. The van der Waals surface area contributed by atoms with E-state index < -0.39 is 25.1 Å². The van der Waals surface area contributed by atoms with Crippen molar-refractivity contribution in [3.8, 4) is 0 Å². The summed E-state index contributed by atoms with van der Waals surface area (Å²) in [5.74, 6) is -1.12. The molecule has 1 unspecified atom stereocenters. The molecule has 1 N–H and O–H groups in total. The molecule has 0 aromatic heterocycles. The van der Waals surface area contributed by atoms with Gasteiger partial charge in [0.05, 0.1) is 19.8 Å². The minimum atomic E-state index is -3.51. The molecule has 1 amide bonds. The fourth-order valence-electron chi connectivity index (χ4n) is 1.28. The molecule has 8 heteroatoms. The van der Waals surface area contributed by atoms with Crippen LogP contribution in [0.4, 0.5) is 0 Å². The van der Waals surface area contributed by atoms with Gasteiger partial charge >= 0.3 is 13.6 Å². The molecule has 0 aromatic carbocycles. The van der Waals surface area contributed by atoms with Gasteiger partial charge in [-0.15, -0.1) is 0 Å². The molecule has 0 bridgehead atoms. The average Bonchev–Trinajstić information content (AvgIpc) is 2.36. The molecule has 0 aromatic rings. The molecule has 19 heavy (non-hydrogen) atoms. The SMILES string of the molecule is CCOC(=O)CNC(=O)C(C)P(=O)(OCC)OCC. The van der Waals surface area contributed by atoms with Gasteiger partial charge in [-0.2, -0.15) is 0 Å². The number of esters is 1. The number of amides is 1. The first kappa shape index (κ1) is 18.1. The molecule has 112 valence electrons.